The molecule has 0 aliphatic heterocycles. The minimum Gasteiger partial charge on any atom is -0.364 e. The van der Waals surface area contributed by atoms with Crippen molar-refractivity contribution in [2.45, 2.75) is 20.4 Å². The third-order valence-electron chi connectivity index (χ3n) is 3.93. The molecule has 2 aromatic heterocycles. The van der Waals surface area contributed by atoms with Crippen molar-refractivity contribution in [1.29, 1.82) is 0 Å². The molecular weight excluding hydrogens is 314 g/mol. The molecule has 0 saturated heterocycles. The summed E-state index contributed by atoms with van der Waals surface area (Å²) in [5.74, 6) is 0.309. The molecule has 0 fully saturated rings. The molecule has 6 nitrogen and oxygen atoms in total. The number of anilines is 2. The predicted octanol–water partition coefficient (Wildman–Crippen LogP) is 3.35. The Hall–Kier alpha value is -3.28. The van der Waals surface area contributed by atoms with Gasteiger partial charge in [-0.2, -0.15) is 0 Å². The van der Waals surface area contributed by atoms with Crippen LogP contribution >= 0.6 is 0 Å². The molecule has 0 atom stereocenters. The molecule has 6 heteroatoms. The summed E-state index contributed by atoms with van der Waals surface area (Å²) in [5.41, 5.74) is 4.14. The van der Waals surface area contributed by atoms with Gasteiger partial charge < -0.3 is 10.6 Å². The number of aromatic nitrogens is 3. The van der Waals surface area contributed by atoms with Gasteiger partial charge in [0, 0.05) is 18.0 Å². The first kappa shape index (κ1) is 16.6. The normalized spacial score (nSPS) is 10.3. The topological polar surface area (TPSA) is 79.8 Å². The Kier molecular flexibility index (Phi) is 4.99. The lowest BCUT2D eigenvalue weighted by Crippen LogP contribution is -2.15. The van der Waals surface area contributed by atoms with Crippen molar-refractivity contribution in [3.63, 3.8) is 0 Å². The summed E-state index contributed by atoms with van der Waals surface area (Å²) in [4.78, 5) is 24.9. The van der Waals surface area contributed by atoms with Crippen molar-refractivity contribution in [3.05, 3.63) is 77.5 Å². The second-order valence-electron chi connectivity index (χ2n) is 5.66. The van der Waals surface area contributed by atoms with Crippen LogP contribution in [0.2, 0.25) is 0 Å². The lowest BCUT2D eigenvalue weighted by atomic mass is 10.1. The van der Waals surface area contributed by atoms with E-state index in [0.717, 1.165) is 22.5 Å². The Balaban J connectivity index is 1.70. The smallest absolute Gasteiger partial charge is 0.274 e. The van der Waals surface area contributed by atoms with Gasteiger partial charge in [-0.3, -0.25) is 9.78 Å². The molecule has 25 heavy (non-hydrogen) atoms. The second-order valence-corrected chi connectivity index (χ2v) is 5.66. The van der Waals surface area contributed by atoms with Gasteiger partial charge in [0.15, 0.2) is 0 Å². The standard InChI is InChI=1S/C19H19N5O/c1-13-6-5-8-16(14(13)2)24-19(25)17-10-18(23-12-22-17)21-11-15-7-3-4-9-20-15/h3-10,12H,11H2,1-2H3,(H,24,25)(H,21,22,23). The molecule has 1 amide bonds. The zero-order chi connectivity index (χ0) is 17.6. The van der Waals surface area contributed by atoms with Gasteiger partial charge in [-0.25, -0.2) is 9.97 Å². The van der Waals surface area contributed by atoms with Crippen LogP contribution in [0.15, 0.2) is 55.0 Å². The van der Waals surface area contributed by atoms with Crippen LogP contribution in [0.5, 0.6) is 0 Å². The highest BCUT2D eigenvalue weighted by Gasteiger charge is 2.11. The van der Waals surface area contributed by atoms with Gasteiger partial charge in [-0.05, 0) is 43.2 Å². The molecular formula is C19H19N5O. The quantitative estimate of drug-likeness (QED) is 0.748. The number of carbonyl (C=O) groups excluding carboxylic acids is 1. The number of carbonyl (C=O) groups is 1. The first-order chi connectivity index (χ1) is 12.1. The Bertz CT molecular complexity index is 880. The monoisotopic (exact) mass is 333 g/mol. The molecule has 3 aromatic rings. The molecule has 3 rings (SSSR count). The summed E-state index contributed by atoms with van der Waals surface area (Å²) in [6.45, 7) is 4.51. The molecule has 0 saturated carbocycles. The number of nitrogens with one attached hydrogen (secondary N) is 2. The minimum absolute atomic E-state index is 0.267. The molecule has 0 aliphatic carbocycles. The minimum atomic E-state index is -0.267. The second kappa shape index (κ2) is 7.53. The van der Waals surface area contributed by atoms with E-state index in [1.807, 2.05) is 50.2 Å². The van der Waals surface area contributed by atoms with Crippen molar-refractivity contribution in [1.82, 2.24) is 15.0 Å². The SMILES string of the molecule is Cc1cccc(NC(=O)c2cc(NCc3ccccn3)ncn2)c1C. The van der Waals surface area contributed by atoms with Crippen LogP contribution in [-0.4, -0.2) is 20.9 Å². The zero-order valence-electron chi connectivity index (χ0n) is 14.2. The number of hydrogen-bond donors (Lipinski definition) is 2. The summed E-state index contributed by atoms with van der Waals surface area (Å²) in [7, 11) is 0. The van der Waals surface area contributed by atoms with Crippen molar-refractivity contribution >= 4 is 17.4 Å². The first-order valence-corrected chi connectivity index (χ1v) is 7.97. The number of nitrogens with zero attached hydrogens (tertiary/aromatic N) is 3. The molecule has 0 radical (unpaired) electrons. The van der Waals surface area contributed by atoms with Gasteiger partial charge in [0.2, 0.25) is 0 Å². The van der Waals surface area contributed by atoms with Crippen LogP contribution in [0.4, 0.5) is 11.5 Å². The molecule has 1 aromatic carbocycles. The molecule has 0 spiro atoms. The van der Waals surface area contributed by atoms with E-state index in [9.17, 15) is 4.79 Å². The van der Waals surface area contributed by atoms with Crippen molar-refractivity contribution in [2.75, 3.05) is 10.6 Å². The van der Waals surface area contributed by atoms with E-state index in [4.69, 9.17) is 0 Å². The number of pyridine rings is 1. The van der Waals surface area contributed by atoms with E-state index in [2.05, 4.69) is 25.6 Å². The van der Waals surface area contributed by atoms with Crippen LogP contribution in [-0.2, 0) is 6.54 Å². The Labute approximate surface area is 146 Å². The van der Waals surface area contributed by atoms with Gasteiger partial charge in [0.25, 0.3) is 5.91 Å². The van der Waals surface area contributed by atoms with Gasteiger partial charge in [0.1, 0.15) is 17.8 Å². The van der Waals surface area contributed by atoms with Crippen LogP contribution in [0.25, 0.3) is 0 Å². The third kappa shape index (κ3) is 4.17. The van der Waals surface area contributed by atoms with Gasteiger partial charge in [0.05, 0.1) is 12.2 Å². The fourth-order valence-electron chi connectivity index (χ4n) is 2.33. The summed E-state index contributed by atoms with van der Waals surface area (Å²) in [5, 5.41) is 6.05. The fraction of sp³-hybridized carbons (Fsp3) is 0.158. The largest absolute Gasteiger partial charge is 0.364 e. The predicted molar refractivity (Wildman–Crippen MR) is 97.5 cm³/mol. The Morgan fingerprint density at radius 2 is 1.92 bits per heavy atom. The van der Waals surface area contributed by atoms with Crippen LogP contribution in [0, 0.1) is 13.8 Å². The highest BCUT2D eigenvalue weighted by molar-refractivity contribution is 6.03. The maximum Gasteiger partial charge on any atom is 0.274 e. The molecule has 126 valence electrons. The number of rotatable bonds is 5. The summed E-state index contributed by atoms with van der Waals surface area (Å²) in [6, 6.07) is 13.1. The van der Waals surface area contributed by atoms with Gasteiger partial charge in [-0.1, -0.05) is 18.2 Å². The number of aryl methyl sites for hydroxylation is 1. The van der Waals surface area contributed by atoms with Gasteiger partial charge >= 0.3 is 0 Å². The maximum atomic E-state index is 12.5. The summed E-state index contributed by atoms with van der Waals surface area (Å²) in [6.07, 6.45) is 3.11. The average molecular weight is 333 g/mol. The molecule has 0 bridgehead atoms. The van der Waals surface area contributed by atoms with E-state index in [1.54, 1.807) is 12.3 Å². The van der Waals surface area contributed by atoms with Crippen molar-refractivity contribution in [2.24, 2.45) is 0 Å². The van der Waals surface area contributed by atoms with Gasteiger partial charge in [-0.15, -0.1) is 0 Å². The molecule has 0 aliphatic rings. The van der Waals surface area contributed by atoms with E-state index < -0.39 is 0 Å². The van der Waals surface area contributed by atoms with E-state index in [0.29, 0.717) is 18.1 Å². The van der Waals surface area contributed by atoms with E-state index >= 15 is 0 Å². The van der Waals surface area contributed by atoms with Crippen LogP contribution in [0.1, 0.15) is 27.3 Å². The highest BCUT2D eigenvalue weighted by Crippen LogP contribution is 2.18. The molecule has 2 heterocycles. The number of hydrogen-bond acceptors (Lipinski definition) is 5. The first-order valence-electron chi connectivity index (χ1n) is 7.97. The van der Waals surface area contributed by atoms with Crippen molar-refractivity contribution < 1.29 is 4.79 Å². The lowest BCUT2D eigenvalue weighted by molar-refractivity contribution is 0.102. The van der Waals surface area contributed by atoms with E-state index in [-0.39, 0.29) is 5.91 Å². The van der Waals surface area contributed by atoms with Crippen LogP contribution < -0.4 is 10.6 Å². The number of amides is 1. The summed E-state index contributed by atoms with van der Waals surface area (Å²) >= 11 is 0. The van der Waals surface area contributed by atoms with Crippen LogP contribution in [0.3, 0.4) is 0 Å². The molecule has 0 unspecified atom stereocenters. The Morgan fingerprint density at radius 1 is 1.04 bits per heavy atom. The third-order valence-corrected chi connectivity index (χ3v) is 3.93. The lowest BCUT2D eigenvalue weighted by Gasteiger charge is -2.10. The Morgan fingerprint density at radius 3 is 2.72 bits per heavy atom. The van der Waals surface area contributed by atoms with Crippen molar-refractivity contribution in [3.8, 4) is 0 Å². The van der Waals surface area contributed by atoms with E-state index in [1.165, 1.54) is 6.33 Å². The maximum absolute atomic E-state index is 12.5. The molecule has 2 N–H and O–H groups in total. The highest BCUT2D eigenvalue weighted by atomic mass is 16.1. The zero-order valence-corrected chi connectivity index (χ0v) is 14.2. The number of benzene rings is 1. The summed E-state index contributed by atoms with van der Waals surface area (Å²) < 4.78 is 0. The average Bonchev–Trinajstić information content (AvgIpc) is 2.65. The fourth-order valence-corrected chi connectivity index (χ4v) is 2.33.